The topological polar surface area (TPSA) is 94.8 Å². The van der Waals surface area contributed by atoms with E-state index < -0.39 is 0 Å². The molecule has 0 fully saturated rings. The highest BCUT2D eigenvalue weighted by Crippen LogP contribution is 2.28. The smallest absolute Gasteiger partial charge is 0.236 e. The van der Waals surface area contributed by atoms with Gasteiger partial charge in [-0.25, -0.2) is 0 Å². The van der Waals surface area contributed by atoms with Crippen LogP contribution >= 0.6 is 23.1 Å². The molecule has 0 spiro atoms. The van der Waals surface area contributed by atoms with Gasteiger partial charge >= 0.3 is 0 Å². The summed E-state index contributed by atoms with van der Waals surface area (Å²) in [6.45, 7) is 12.4. The van der Waals surface area contributed by atoms with Crippen molar-refractivity contribution in [3.8, 4) is 5.75 Å². The second-order valence-electron chi connectivity index (χ2n) is 7.98. The molecule has 0 aliphatic carbocycles. The largest absolute Gasteiger partial charge is 0.483 e. The predicted octanol–water partition coefficient (Wildman–Crippen LogP) is 5.27. The van der Waals surface area contributed by atoms with Gasteiger partial charge in [0.05, 0.1) is 5.75 Å². The summed E-state index contributed by atoms with van der Waals surface area (Å²) in [6.07, 6.45) is 0.511. The second kappa shape index (κ2) is 10.9. The molecule has 8 nitrogen and oxygen atoms in total. The van der Waals surface area contributed by atoms with E-state index in [0.29, 0.717) is 16.2 Å². The van der Waals surface area contributed by atoms with Crippen molar-refractivity contribution in [2.45, 2.75) is 71.2 Å². The van der Waals surface area contributed by atoms with E-state index in [2.05, 4.69) is 65.5 Å². The summed E-state index contributed by atoms with van der Waals surface area (Å²) in [5.74, 6) is 2.05. The van der Waals surface area contributed by atoms with Gasteiger partial charge in [-0.2, -0.15) is 0 Å². The summed E-state index contributed by atoms with van der Waals surface area (Å²) < 4.78 is 8.15. The number of carbonyl (C=O) groups is 1. The van der Waals surface area contributed by atoms with Gasteiger partial charge in [0.2, 0.25) is 11.0 Å². The maximum absolute atomic E-state index is 12.3. The van der Waals surface area contributed by atoms with Gasteiger partial charge in [0.1, 0.15) is 10.8 Å². The van der Waals surface area contributed by atoms with Crippen LogP contribution < -0.4 is 10.1 Å². The maximum Gasteiger partial charge on any atom is 0.236 e. The van der Waals surface area contributed by atoms with Crippen molar-refractivity contribution < 1.29 is 9.53 Å². The Labute approximate surface area is 197 Å². The van der Waals surface area contributed by atoms with Gasteiger partial charge in [-0.3, -0.25) is 10.1 Å². The van der Waals surface area contributed by atoms with Crippen molar-refractivity contribution >= 4 is 34.1 Å². The molecule has 2 aromatic heterocycles. The van der Waals surface area contributed by atoms with E-state index in [1.165, 1.54) is 28.7 Å². The van der Waals surface area contributed by atoms with Gasteiger partial charge in [-0.1, -0.05) is 56.0 Å². The second-order valence-corrected chi connectivity index (χ2v) is 9.98. The Bertz CT molecular complexity index is 1030. The van der Waals surface area contributed by atoms with E-state index in [-0.39, 0.29) is 23.8 Å². The number of anilines is 1. The fraction of sp³-hybridized carbons (Fsp3) is 0.500. The zero-order valence-electron chi connectivity index (χ0n) is 19.3. The van der Waals surface area contributed by atoms with E-state index in [0.717, 1.165) is 23.0 Å². The molecule has 2 heterocycles. The van der Waals surface area contributed by atoms with Gasteiger partial charge in [-0.15, -0.1) is 20.4 Å². The molecule has 0 aliphatic rings. The summed E-state index contributed by atoms with van der Waals surface area (Å²) in [7, 11) is 0. The number of hydrogen-bond acceptors (Lipinski definition) is 8. The fourth-order valence-corrected chi connectivity index (χ4v) is 4.64. The van der Waals surface area contributed by atoms with Gasteiger partial charge in [0, 0.05) is 6.04 Å². The summed E-state index contributed by atoms with van der Waals surface area (Å²) in [5.41, 5.74) is 1.27. The van der Waals surface area contributed by atoms with E-state index in [1.807, 2.05) is 30.5 Å². The molecule has 1 aromatic carbocycles. The van der Waals surface area contributed by atoms with Gasteiger partial charge < -0.3 is 9.30 Å². The van der Waals surface area contributed by atoms with Crippen molar-refractivity contribution in [1.82, 2.24) is 25.0 Å². The number of aromatic nitrogens is 5. The van der Waals surface area contributed by atoms with Crippen LogP contribution in [0.15, 0.2) is 29.4 Å². The molecular formula is C22H30N6O2S2. The first-order valence-electron chi connectivity index (χ1n) is 10.7. The Balaban J connectivity index is 1.65. The van der Waals surface area contributed by atoms with Crippen molar-refractivity contribution in [2.75, 3.05) is 11.1 Å². The standard InChI is InChI=1S/C22H30N6O2S2/c1-7-19-24-26-21(32-19)23-18(29)12-31-22-27-25-20(28(22)14(4)5)15(6)30-17-10-8-16(9-11-17)13(2)3/h8-11,13-15H,7,12H2,1-6H3,(H,23,26,29). The minimum absolute atomic E-state index is 0.121. The van der Waals surface area contributed by atoms with Gasteiger partial charge in [0.25, 0.3) is 0 Å². The Morgan fingerprint density at radius 3 is 2.41 bits per heavy atom. The Hall–Kier alpha value is -2.46. The summed E-state index contributed by atoms with van der Waals surface area (Å²) in [6, 6.07) is 8.26. The van der Waals surface area contributed by atoms with Crippen LogP contribution in [0.5, 0.6) is 5.75 Å². The molecule has 3 rings (SSSR count). The molecule has 0 bridgehead atoms. The third-order valence-electron chi connectivity index (χ3n) is 4.78. The first kappa shape index (κ1) is 24.2. The van der Waals surface area contributed by atoms with Crippen LogP contribution in [0.2, 0.25) is 0 Å². The molecule has 0 aliphatic heterocycles. The third kappa shape index (κ3) is 6.07. The highest BCUT2D eigenvalue weighted by molar-refractivity contribution is 7.99. The molecule has 0 saturated heterocycles. The molecule has 1 N–H and O–H groups in total. The van der Waals surface area contributed by atoms with E-state index in [9.17, 15) is 4.79 Å². The SMILES string of the molecule is CCc1nnc(NC(=O)CSc2nnc(C(C)Oc3ccc(C(C)C)cc3)n2C(C)C)s1. The van der Waals surface area contributed by atoms with Gasteiger partial charge in [0.15, 0.2) is 17.1 Å². The van der Waals surface area contributed by atoms with E-state index in [4.69, 9.17) is 4.74 Å². The monoisotopic (exact) mass is 474 g/mol. The lowest BCUT2D eigenvalue weighted by atomic mass is 10.0. The molecule has 1 amide bonds. The van der Waals surface area contributed by atoms with Crippen LogP contribution in [0.3, 0.4) is 0 Å². The summed E-state index contributed by atoms with van der Waals surface area (Å²) in [5, 5.41) is 21.6. The molecule has 1 atom stereocenters. The molecule has 0 radical (unpaired) electrons. The number of amides is 1. The lowest BCUT2D eigenvalue weighted by Crippen LogP contribution is -2.16. The quantitative estimate of drug-likeness (QED) is 0.400. The molecule has 172 valence electrons. The minimum atomic E-state index is -0.285. The number of rotatable bonds is 10. The van der Waals surface area contributed by atoms with Crippen molar-refractivity contribution in [3.05, 3.63) is 40.7 Å². The average molecular weight is 475 g/mol. The zero-order chi connectivity index (χ0) is 23.3. The summed E-state index contributed by atoms with van der Waals surface area (Å²) >= 11 is 2.73. The zero-order valence-corrected chi connectivity index (χ0v) is 21.0. The number of carbonyl (C=O) groups excluding carboxylic acids is 1. The molecular weight excluding hydrogens is 444 g/mol. The number of aryl methyl sites for hydroxylation is 1. The number of nitrogens with zero attached hydrogens (tertiary/aromatic N) is 5. The normalized spacial score (nSPS) is 12.4. The Kier molecular flexibility index (Phi) is 8.25. The van der Waals surface area contributed by atoms with Crippen LogP contribution in [0.1, 0.15) is 76.0 Å². The van der Waals surface area contributed by atoms with Crippen molar-refractivity contribution in [1.29, 1.82) is 0 Å². The lowest BCUT2D eigenvalue weighted by molar-refractivity contribution is -0.113. The van der Waals surface area contributed by atoms with E-state index >= 15 is 0 Å². The number of thioether (sulfide) groups is 1. The maximum atomic E-state index is 12.3. The van der Waals surface area contributed by atoms with Crippen molar-refractivity contribution in [3.63, 3.8) is 0 Å². The number of hydrogen-bond donors (Lipinski definition) is 1. The number of nitrogens with one attached hydrogen (secondary N) is 1. The number of ether oxygens (including phenoxy) is 1. The van der Waals surface area contributed by atoms with Crippen molar-refractivity contribution in [2.24, 2.45) is 0 Å². The highest BCUT2D eigenvalue weighted by Gasteiger charge is 2.22. The Morgan fingerprint density at radius 1 is 1.09 bits per heavy atom. The van der Waals surface area contributed by atoms with Crippen LogP contribution in [0, 0.1) is 0 Å². The third-order valence-corrected chi connectivity index (χ3v) is 6.70. The molecule has 1 unspecified atom stereocenters. The highest BCUT2D eigenvalue weighted by atomic mass is 32.2. The predicted molar refractivity (Wildman–Crippen MR) is 129 cm³/mol. The lowest BCUT2D eigenvalue weighted by Gasteiger charge is -2.19. The molecule has 0 saturated carbocycles. The average Bonchev–Trinajstić information content (AvgIpc) is 3.39. The van der Waals surface area contributed by atoms with Crippen LogP contribution in [0.25, 0.3) is 0 Å². The minimum Gasteiger partial charge on any atom is -0.483 e. The fourth-order valence-electron chi connectivity index (χ4n) is 3.07. The van der Waals surface area contributed by atoms with E-state index in [1.54, 1.807) is 0 Å². The molecule has 10 heteroatoms. The molecule has 3 aromatic rings. The first-order valence-corrected chi connectivity index (χ1v) is 12.5. The van der Waals surface area contributed by atoms with Crippen LogP contribution in [-0.2, 0) is 11.2 Å². The summed E-state index contributed by atoms with van der Waals surface area (Å²) in [4.78, 5) is 12.3. The molecule has 32 heavy (non-hydrogen) atoms. The Morgan fingerprint density at radius 2 is 1.81 bits per heavy atom. The van der Waals surface area contributed by atoms with Gasteiger partial charge in [-0.05, 0) is 50.8 Å². The van der Waals surface area contributed by atoms with Crippen LogP contribution in [-0.4, -0.2) is 36.6 Å². The van der Waals surface area contributed by atoms with Crippen LogP contribution in [0.4, 0.5) is 5.13 Å². The first-order chi connectivity index (χ1) is 15.3. The number of benzene rings is 1.